The van der Waals surface area contributed by atoms with E-state index in [0.29, 0.717) is 24.7 Å². The van der Waals surface area contributed by atoms with Crippen LogP contribution in [-0.2, 0) is 4.79 Å². The molecular formula is C19H28O4. The monoisotopic (exact) mass is 320 g/mol. The minimum Gasteiger partial charge on any atom is -0.393 e. The van der Waals surface area contributed by atoms with E-state index in [9.17, 15) is 20.1 Å². The summed E-state index contributed by atoms with van der Waals surface area (Å²) in [6, 6.07) is 0. The summed E-state index contributed by atoms with van der Waals surface area (Å²) >= 11 is 0. The van der Waals surface area contributed by atoms with E-state index in [-0.39, 0.29) is 22.5 Å². The van der Waals surface area contributed by atoms with Crippen LogP contribution >= 0.6 is 0 Å². The van der Waals surface area contributed by atoms with Gasteiger partial charge in [-0.2, -0.15) is 0 Å². The average molecular weight is 320 g/mol. The molecule has 4 rings (SSSR count). The largest absolute Gasteiger partial charge is 0.393 e. The van der Waals surface area contributed by atoms with Gasteiger partial charge in [0.1, 0.15) is 6.10 Å². The molecule has 3 saturated carbocycles. The first kappa shape index (κ1) is 15.8. The Morgan fingerprint density at radius 2 is 1.91 bits per heavy atom. The van der Waals surface area contributed by atoms with Gasteiger partial charge in [0.15, 0.2) is 5.78 Å². The molecule has 8 atom stereocenters. The summed E-state index contributed by atoms with van der Waals surface area (Å²) in [5.41, 5.74) is 0.886. The summed E-state index contributed by atoms with van der Waals surface area (Å²) < 4.78 is 0. The molecule has 0 unspecified atom stereocenters. The number of aliphatic hydroxyl groups is 3. The standard InChI is InChI=1S/C19H28O4/c1-18-6-5-12-11(17(18)14(21)8-16(18)23)4-3-10-7-13(20)15(22)9-19(10,12)2/h7,11-12,14-17,21-23H,3-6,8-9H2,1-2H3/t11-,12+,14-,15+,16+,17-,18-,19+/m1/s1. The Morgan fingerprint density at radius 1 is 1.17 bits per heavy atom. The first-order valence-corrected chi connectivity index (χ1v) is 9.06. The maximum Gasteiger partial charge on any atom is 0.184 e. The molecule has 128 valence electrons. The molecule has 0 aromatic heterocycles. The second kappa shape index (κ2) is 4.90. The van der Waals surface area contributed by atoms with Crippen LogP contribution in [0.5, 0.6) is 0 Å². The van der Waals surface area contributed by atoms with Crippen LogP contribution in [0.2, 0.25) is 0 Å². The van der Waals surface area contributed by atoms with E-state index >= 15 is 0 Å². The Morgan fingerprint density at radius 3 is 2.65 bits per heavy atom. The number of rotatable bonds is 0. The molecule has 4 aliphatic carbocycles. The van der Waals surface area contributed by atoms with Gasteiger partial charge in [0.05, 0.1) is 12.2 Å². The molecule has 0 aromatic carbocycles. The van der Waals surface area contributed by atoms with Crippen molar-refractivity contribution >= 4 is 5.78 Å². The summed E-state index contributed by atoms with van der Waals surface area (Å²) in [5, 5.41) is 31.2. The molecule has 23 heavy (non-hydrogen) atoms. The van der Waals surface area contributed by atoms with Crippen LogP contribution in [0, 0.1) is 28.6 Å². The van der Waals surface area contributed by atoms with Crippen molar-refractivity contribution in [1.29, 1.82) is 0 Å². The van der Waals surface area contributed by atoms with E-state index in [1.807, 2.05) is 0 Å². The van der Waals surface area contributed by atoms with Crippen LogP contribution < -0.4 is 0 Å². The summed E-state index contributed by atoms with van der Waals surface area (Å²) in [6.45, 7) is 4.34. The first-order chi connectivity index (χ1) is 10.8. The molecule has 4 nitrogen and oxygen atoms in total. The van der Waals surface area contributed by atoms with Crippen LogP contribution in [0.4, 0.5) is 0 Å². The fraction of sp³-hybridized carbons (Fsp3) is 0.842. The minimum atomic E-state index is -0.880. The van der Waals surface area contributed by atoms with Gasteiger partial charge in [-0.15, -0.1) is 0 Å². The fourth-order valence-electron chi connectivity index (χ4n) is 6.65. The summed E-state index contributed by atoms with van der Waals surface area (Å²) in [4.78, 5) is 11.9. The number of hydrogen-bond donors (Lipinski definition) is 3. The van der Waals surface area contributed by atoms with Gasteiger partial charge in [0, 0.05) is 6.42 Å². The lowest BCUT2D eigenvalue weighted by Crippen LogP contribution is -2.54. The molecule has 0 heterocycles. The van der Waals surface area contributed by atoms with E-state index in [1.165, 1.54) is 5.57 Å². The third kappa shape index (κ3) is 1.98. The van der Waals surface area contributed by atoms with E-state index < -0.39 is 18.3 Å². The average Bonchev–Trinajstić information content (AvgIpc) is 2.71. The summed E-state index contributed by atoms with van der Waals surface area (Å²) in [5.74, 6) is 0.768. The number of carbonyl (C=O) groups is 1. The smallest absolute Gasteiger partial charge is 0.184 e. The molecule has 3 N–H and O–H groups in total. The molecule has 0 saturated heterocycles. The highest BCUT2D eigenvalue weighted by Gasteiger charge is 2.62. The lowest BCUT2D eigenvalue weighted by molar-refractivity contribution is -0.130. The van der Waals surface area contributed by atoms with E-state index in [1.54, 1.807) is 6.08 Å². The van der Waals surface area contributed by atoms with Crippen LogP contribution in [0.1, 0.15) is 52.4 Å². The number of carbonyl (C=O) groups excluding carboxylic acids is 1. The zero-order valence-corrected chi connectivity index (χ0v) is 14.0. The van der Waals surface area contributed by atoms with E-state index in [2.05, 4.69) is 13.8 Å². The third-order valence-corrected chi connectivity index (χ3v) is 7.94. The molecule has 0 amide bonds. The Hall–Kier alpha value is -0.710. The zero-order valence-electron chi connectivity index (χ0n) is 14.0. The molecule has 3 fully saturated rings. The second-order valence-electron chi connectivity index (χ2n) is 8.91. The molecule has 0 aromatic rings. The van der Waals surface area contributed by atoms with Crippen molar-refractivity contribution in [3.8, 4) is 0 Å². The van der Waals surface area contributed by atoms with Crippen molar-refractivity contribution in [2.24, 2.45) is 28.6 Å². The van der Waals surface area contributed by atoms with Gasteiger partial charge < -0.3 is 15.3 Å². The topological polar surface area (TPSA) is 77.8 Å². The van der Waals surface area contributed by atoms with Crippen LogP contribution in [0.3, 0.4) is 0 Å². The molecule has 0 radical (unpaired) electrons. The minimum absolute atomic E-state index is 0.134. The van der Waals surface area contributed by atoms with Crippen molar-refractivity contribution < 1.29 is 20.1 Å². The predicted octanol–water partition coefficient (Wildman–Crippen LogP) is 1.82. The number of fused-ring (bicyclic) bond motifs is 5. The highest BCUT2D eigenvalue weighted by molar-refractivity contribution is 5.95. The highest BCUT2D eigenvalue weighted by atomic mass is 16.3. The zero-order chi connectivity index (χ0) is 16.6. The first-order valence-electron chi connectivity index (χ1n) is 9.06. The molecule has 4 heteroatoms. The van der Waals surface area contributed by atoms with Crippen molar-refractivity contribution in [2.45, 2.75) is 70.7 Å². The quantitative estimate of drug-likeness (QED) is 0.636. The van der Waals surface area contributed by atoms with Gasteiger partial charge in [0.25, 0.3) is 0 Å². The molecular weight excluding hydrogens is 292 g/mol. The fourth-order valence-corrected chi connectivity index (χ4v) is 6.65. The Bertz CT molecular complexity index is 570. The van der Waals surface area contributed by atoms with Crippen molar-refractivity contribution in [3.05, 3.63) is 11.6 Å². The van der Waals surface area contributed by atoms with Crippen LogP contribution in [0.15, 0.2) is 11.6 Å². The van der Waals surface area contributed by atoms with Gasteiger partial charge in [-0.1, -0.05) is 19.4 Å². The lowest BCUT2D eigenvalue weighted by atomic mass is 9.47. The van der Waals surface area contributed by atoms with Gasteiger partial charge in [-0.3, -0.25) is 4.79 Å². The maximum atomic E-state index is 11.9. The van der Waals surface area contributed by atoms with E-state index in [4.69, 9.17) is 0 Å². The number of aliphatic hydroxyl groups excluding tert-OH is 3. The predicted molar refractivity (Wildman–Crippen MR) is 85.5 cm³/mol. The van der Waals surface area contributed by atoms with Crippen molar-refractivity contribution in [1.82, 2.24) is 0 Å². The van der Waals surface area contributed by atoms with Gasteiger partial charge in [-0.05, 0) is 66.8 Å². The molecule has 4 aliphatic rings. The Balaban J connectivity index is 1.72. The Labute approximate surface area is 137 Å². The SMILES string of the molecule is C[C@]12CC[C@H]3[C@@H](CCC4=CC(=O)[C@@H](O)C[C@@]43C)[C@@H]1[C@H](O)C[C@@H]2O. The van der Waals surface area contributed by atoms with Gasteiger partial charge >= 0.3 is 0 Å². The van der Waals surface area contributed by atoms with Gasteiger partial charge in [-0.25, -0.2) is 0 Å². The summed E-state index contributed by atoms with van der Waals surface area (Å²) in [7, 11) is 0. The summed E-state index contributed by atoms with van der Waals surface area (Å²) in [6.07, 6.45) is 4.78. The molecule has 0 aliphatic heterocycles. The Kier molecular flexibility index (Phi) is 3.37. The maximum absolute atomic E-state index is 11.9. The van der Waals surface area contributed by atoms with Crippen LogP contribution in [-0.4, -0.2) is 39.4 Å². The highest BCUT2D eigenvalue weighted by Crippen LogP contribution is 2.65. The van der Waals surface area contributed by atoms with Gasteiger partial charge in [0.2, 0.25) is 0 Å². The second-order valence-corrected chi connectivity index (χ2v) is 8.91. The number of ketones is 1. The van der Waals surface area contributed by atoms with Crippen LogP contribution in [0.25, 0.3) is 0 Å². The molecule has 0 bridgehead atoms. The number of allylic oxidation sites excluding steroid dienone is 1. The number of hydrogen-bond acceptors (Lipinski definition) is 4. The normalized spacial score (nSPS) is 55.7. The lowest BCUT2D eigenvalue weighted by Gasteiger charge is -2.58. The van der Waals surface area contributed by atoms with Crippen molar-refractivity contribution in [3.63, 3.8) is 0 Å². The third-order valence-electron chi connectivity index (χ3n) is 7.94. The molecule has 0 spiro atoms. The van der Waals surface area contributed by atoms with Crippen molar-refractivity contribution in [2.75, 3.05) is 0 Å². The van der Waals surface area contributed by atoms with E-state index in [0.717, 1.165) is 25.7 Å².